The van der Waals surface area contributed by atoms with Crippen LogP contribution in [0.5, 0.6) is 0 Å². The summed E-state index contributed by atoms with van der Waals surface area (Å²) in [5.74, 6) is 0. The minimum Gasteiger partial charge on any atom is -0.309 e. The fourth-order valence-electron chi connectivity index (χ4n) is 0.757. The van der Waals surface area contributed by atoms with E-state index in [-0.39, 0.29) is 12.8 Å². The first-order chi connectivity index (χ1) is 6.18. The first-order valence-electron chi connectivity index (χ1n) is 4.05. The average Bonchev–Trinajstić information content (AvgIpc) is 2.05. The summed E-state index contributed by atoms with van der Waals surface area (Å²) >= 11 is 0.746. The van der Waals surface area contributed by atoms with Crippen molar-refractivity contribution in [3.05, 3.63) is 0 Å². The third kappa shape index (κ3) is 6.49. The summed E-state index contributed by atoms with van der Waals surface area (Å²) in [5.41, 5.74) is 0. The lowest BCUT2D eigenvalue weighted by atomic mass is 10.9. The summed E-state index contributed by atoms with van der Waals surface area (Å²) in [6.45, 7) is 4.53. The van der Waals surface area contributed by atoms with Crippen LogP contribution in [0.1, 0.15) is 13.8 Å². The third-order valence-corrected chi connectivity index (χ3v) is 3.50. The van der Waals surface area contributed by atoms with E-state index in [9.17, 15) is 4.57 Å². The lowest BCUT2D eigenvalue weighted by Crippen LogP contribution is -2.04. The zero-order valence-electron chi connectivity index (χ0n) is 7.89. The molecule has 0 aromatic carbocycles. The molecule has 0 unspecified atom stereocenters. The normalized spacial score (nSPS) is 11.9. The molecule has 0 fully saturated rings. The highest BCUT2D eigenvalue weighted by molar-refractivity contribution is 7.92. The zero-order valence-corrected chi connectivity index (χ0v) is 9.61. The maximum atomic E-state index is 11.7. The van der Waals surface area contributed by atoms with Crippen LogP contribution in [0.3, 0.4) is 0 Å². The molecule has 0 amide bonds. The van der Waals surface area contributed by atoms with E-state index < -0.39 is 7.60 Å². The van der Waals surface area contributed by atoms with Crippen LogP contribution in [0.2, 0.25) is 0 Å². The van der Waals surface area contributed by atoms with Gasteiger partial charge in [-0.05, 0) is 13.8 Å². The number of rotatable bonds is 8. The van der Waals surface area contributed by atoms with E-state index in [2.05, 4.69) is 0 Å². The molecule has 0 aromatic rings. The van der Waals surface area contributed by atoms with Gasteiger partial charge in [-0.3, -0.25) is 9.70 Å². The van der Waals surface area contributed by atoms with Gasteiger partial charge in [0.25, 0.3) is 0 Å². The second-order valence-electron chi connectivity index (χ2n) is 2.09. The maximum absolute atomic E-state index is 11.7. The number of hydrogen-bond acceptors (Lipinski definition) is 6. The van der Waals surface area contributed by atoms with E-state index in [0.717, 1.165) is 12.2 Å². The smallest absolute Gasteiger partial charge is 0.309 e. The third-order valence-electron chi connectivity index (χ3n) is 1.17. The average molecular weight is 229 g/mol. The van der Waals surface area contributed by atoms with Crippen molar-refractivity contribution in [3.8, 4) is 0 Å². The van der Waals surface area contributed by atoms with Crippen LogP contribution >= 0.6 is 19.8 Å². The maximum Gasteiger partial charge on any atom is 0.333 e. The Labute approximate surface area is 83.2 Å². The predicted octanol–water partition coefficient (Wildman–Crippen LogP) is 1.79. The highest BCUT2D eigenvalue weighted by atomic mass is 32.2. The topological polar surface area (TPSA) is 70.8 Å². The molecule has 0 rings (SSSR count). The van der Waals surface area contributed by atoms with Crippen LogP contribution in [0.4, 0.5) is 0 Å². The Balaban J connectivity index is 3.85. The van der Waals surface area contributed by atoms with Gasteiger partial charge in [0, 0.05) is 0 Å². The standard InChI is InChI=1S/C6H16NO4PS/c1-3-9-12(8,10-4-2)6-5-11-13-7/h3-7H2,1-2H3. The summed E-state index contributed by atoms with van der Waals surface area (Å²) in [6.07, 6.45) is 0.235. The van der Waals surface area contributed by atoms with Crippen molar-refractivity contribution < 1.29 is 17.8 Å². The van der Waals surface area contributed by atoms with Crippen LogP contribution in [-0.4, -0.2) is 26.0 Å². The Hall–Kier alpha value is 0.420. The van der Waals surface area contributed by atoms with E-state index in [1.807, 2.05) is 0 Å². The minimum atomic E-state index is -2.94. The van der Waals surface area contributed by atoms with Crippen molar-refractivity contribution in [2.45, 2.75) is 13.8 Å². The molecular formula is C6H16NO4PS. The van der Waals surface area contributed by atoms with Gasteiger partial charge < -0.3 is 13.2 Å². The van der Waals surface area contributed by atoms with Crippen molar-refractivity contribution in [2.75, 3.05) is 26.0 Å². The van der Waals surface area contributed by atoms with Crippen molar-refractivity contribution in [2.24, 2.45) is 5.14 Å². The van der Waals surface area contributed by atoms with Crippen LogP contribution in [0.15, 0.2) is 0 Å². The molecule has 0 atom stereocenters. The fraction of sp³-hybridized carbons (Fsp3) is 1.00. The minimum absolute atomic E-state index is 0.235. The molecule has 0 saturated heterocycles. The van der Waals surface area contributed by atoms with Crippen LogP contribution in [0, 0.1) is 0 Å². The molecule has 0 aliphatic heterocycles. The summed E-state index contributed by atoms with van der Waals surface area (Å²) in [6, 6.07) is 0. The van der Waals surface area contributed by atoms with Gasteiger partial charge in [0.15, 0.2) is 0 Å². The quantitative estimate of drug-likeness (QED) is 0.296. The van der Waals surface area contributed by atoms with Crippen LogP contribution in [-0.2, 0) is 17.8 Å². The first kappa shape index (κ1) is 13.4. The van der Waals surface area contributed by atoms with Crippen LogP contribution in [0.25, 0.3) is 0 Å². The summed E-state index contributed by atoms with van der Waals surface area (Å²) in [5, 5.41) is 5.03. The van der Waals surface area contributed by atoms with E-state index in [1.54, 1.807) is 13.8 Å². The first-order valence-corrected chi connectivity index (χ1v) is 6.58. The molecule has 0 bridgehead atoms. The highest BCUT2D eigenvalue weighted by Crippen LogP contribution is 2.47. The van der Waals surface area contributed by atoms with E-state index in [4.69, 9.17) is 18.4 Å². The second-order valence-corrected chi connectivity index (χ2v) is 4.70. The summed E-state index contributed by atoms with van der Waals surface area (Å²) < 4.78 is 26.5. The van der Waals surface area contributed by atoms with Crippen molar-refractivity contribution >= 4 is 19.8 Å². The molecule has 7 heteroatoms. The van der Waals surface area contributed by atoms with E-state index in [0.29, 0.717) is 13.2 Å². The van der Waals surface area contributed by atoms with Crippen molar-refractivity contribution in [1.82, 2.24) is 0 Å². The Morgan fingerprint density at radius 1 is 1.31 bits per heavy atom. The summed E-state index contributed by atoms with van der Waals surface area (Å²) in [4.78, 5) is 0. The van der Waals surface area contributed by atoms with Gasteiger partial charge in [0.1, 0.15) is 0 Å². The van der Waals surface area contributed by atoms with Crippen LogP contribution < -0.4 is 5.14 Å². The Morgan fingerprint density at radius 2 is 1.85 bits per heavy atom. The zero-order chi connectivity index (χ0) is 10.2. The van der Waals surface area contributed by atoms with Gasteiger partial charge >= 0.3 is 7.60 Å². The molecule has 5 nitrogen and oxygen atoms in total. The lowest BCUT2D eigenvalue weighted by Gasteiger charge is -2.15. The number of nitrogens with two attached hydrogens (primary N) is 1. The molecule has 13 heavy (non-hydrogen) atoms. The van der Waals surface area contributed by atoms with E-state index >= 15 is 0 Å². The Bertz CT molecular complexity index is 159. The molecular weight excluding hydrogens is 213 g/mol. The second kappa shape index (κ2) is 7.79. The number of hydrogen-bond donors (Lipinski definition) is 1. The lowest BCUT2D eigenvalue weighted by molar-refractivity contribution is 0.215. The Morgan fingerprint density at radius 3 is 2.23 bits per heavy atom. The van der Waals surface area contributed by atoms with Gasteiger partial charge in [-0.1, -0.05) is 0 Å². The van der Waals surface area contributed by atoms with Crippen molar-refractivity contribution in [3.63, 3.8) is 0 Å². The monoisotopic (exact) mass is 229 g/mol. The Kier molecular flexibility index (Phi) is 8.04. The summed E-state index contributed by atoms with van der Waals surface area (Å²) in [7, 11) is -2.94. The molecule has 0 heterocycles. The van der Waals surface area contributed by atoms with Gasteiger partial charge in [-0.15, -0.1) is 0 Å². The van der Waals surface area contributed by atoms with Gasteiger partial charge in [0.2, 0.25) is 0 Å². The molecule has 0 saturated carbocycles. The molecule has 0 aromatic heterocycles. The largest absolute Gasteiger partial charge is 0.333 e. The fourth-order valence-corrected chi connectivity index (χ4v) is 2.49. The molecule has 0 aliphatic carbocycles. The van der Waals surface area contributed by atoms with Gasteiger partial charge in [-0.2, -0.15) is 0 Å². The van der Waals surface area contributed by atoms with Gasteiger partial charge in [0.05, 0.1) is 38.2 Å². The van der Waals surface area contributed by atoms with Crippen molar-refractivity contribution in [1.29, 1.82) is 0 Å². The molecule has 0 spiro atoms. The van der Waals surface area contributed by atoms with E-state index in [1.165, 1.54) is 0 Å². The molecule has 80 valence electrons. The molecule has 0 radical (unpaired) electrons. The SMILES string of the molecule is CCOP(=O)(CCOSN)OCC. The highest BCUT2D eigenvalue weighted by Gasteiger charge is 2.22. The predicted molar refractivity (Wildman–Crippen MR) is 53.5 cm³/mol. The molecule has 0 aliphatic rings. The molecule has 2 N–H and O–H groups in total. The van der Waals surface area contributed by atoms with Gasteiger partial charge in [-0.25, -0.2) is 0 Å².